The number of hydrogen-bond donors (Lipinski definition) is 2. The lowest BCUT2D eigenvalue weighted by Gasteiger charge is -2.47. The van der Waals surface area contributed by atoms with Gasteiger partial charge in [0.2, 0.25) is 0 Å². The van der Waals surface area contributed by atoms with Crippen LogP contribution in [0.25, 0.3) is 0 Å². The Morgan fingerprint density at radius 1 is 1.60 bits per heavy atom. The largest absolute Gasteiger partial charge is 0.465 e. The molecule has 2 bridgehead atoms. The molecule has 1 spiro atoms. The molecule has 4 rings (SSSR count). The third-order valence-electron chi connectivity index (χ3n) is 4.68. The molecule has 0 unspecified atom stereocenters. The maximum atomic E-state index is 12.2. The van der Waals surface area contributed by atoms with Gasteiger partial charge >= 0.3 is 12.1 Å². The highest BCUT2D eigenvalue weighted by molar-refractivity contribution is 14.1. The predicted molar refractivity (Wildman–Crippen MR) is 74.6 cm³/mol. The molecule has 0 aromatic rings. The van der Waals surface area contributed by atoms with Gasteiger partial charge in [-0.3, -0.25) is 10.1 Å². The normalized spacial score (nSPS) is 51.4. The molecule has 0 aliphatic carbocycles. The number of rotatable bonds is 2. The number of nitrogens with one attached hydrogen (secondary N) is 2. The lowest BCUT2D eigenvalue weighted by molar-refractivity contribution is -0.152. The summed E-state index contributed by atoms with van der Waals surface area (Å²) in [6.45, 7) is 2.08. The van der Waals surface area contributed by atoms with Gasteiger partial charge in [-0.1, -0.05) is 22.6 Å². The third-order valence-corrected chi connectivity index (χ3v) is 6.25. The number of esters is 1. The monoisotopic (exact) mass is 394 g/mol. The van der Waals surface area contributed by atoms with Crippen molar-refractivity contribution in [3.63, 3.8) is 0 Å². The summed E-state index contributed by atoms with van der Waals surface area (Å²) in [5, 5.41) is 6.05. The molecule has 110 valence electrons. The Labute approximate surface area is 129 Å². The number of halogens is 1. The summed E-state index contributed by atoms with van der Waals surface area (Å²) in [4.78, 5) is 23.9. The first-order valence-corrected chi connectivity index (χ1v) is 8.03. The Morgan fingerprint density at radius 3 is 3.10 bits per heavy atom. The van der Waals surface area contributed by atoms with E-state index in [2.05, 4.69) is 33.2 Å². The molecule has 8 heteroatoms. The molecule has 2 N–H and O–H groups in total. The fraction of sp³-hybridized carbons (Fsp3) is 0.833. The van der Waals surface area contributed by atoms with Crippen molar-refractivity contribution in [2.75, 3.05) is 6.61 Å². The number of ether oxygens (including phenoxy) is 3. The SMILES string of the molecule is CCOC(=O)[C@@H]1N[C@H]2[C@H](I)[C@@H]3C[C@@]4(OC(=O)N[C@@H]14)[C@H]2O3. The molecular weight excluding hydrogens is 379 g/mol. The fourth-order valence-electron chi connectivity index (χ4n) is 3.96. The molecule has 7 nitrogen and oxygen atoms in total. The van der Waals surface area contributed by atoms with Crippen LogP contribution in [-0.2, 0) is 19.0 Å². The number of fused-ring (bicyclic) bond motifs is 1. The van der Waals surface area contributed by atoms with E-state index in [0.717, 1.165) is 0 Å². The van der Waals surface area contributed by atoms with Crippen LogP contribution in [0.15, 0.2) is 0 Å². The van der Waals surface area contributed by atoms with E-state index in [4.69, 9.17) is 14.2 Å². The van der Waals surface area contributed by atoms with Crippen LogP contribution in [0.2, 0.25) is 0 Å². The Morgan fingerprint density at radius 2 is 2.40 bits per heavy atom. The van der Waals surface area contributed by atoms with Crippen molar-refractivity contribution in [1.82, 2.24) is 10.6 Å². The second kappa shape index (κ2) is 4.20. The fourth-order valence-corrected chi connectivity index (χ4v) is 4.97. The van der Waals surface area contributed by atoms with Crippen molar-refractivity contribution in [2.24, 2.45) is 0 Å². The summed E-state index contributed by atoms with van der Waals surface area (Å²) in [7, 11) is 0. The summed E-state index contributed by atoms with van der Waals surface area (Å²) in [5.41, 5.74) is -0.725. The summed E-state index contributed by atoms with van der Waals surface area (Å²) in [6.07, 6.45) is 0.0383. The highest BCUT2D eigenvalue weighted by Gasteiger charge is 2.74. The van der Waals surface area contributed by atoms with E-state index < -0.39 is 23.8 Å². The number of piperidine rings is 1. The van der Waals surface area contributed by atoms with Gasteiger partial charge in [0.1, 0.15) is 18.2 Å². The van der Waals surface area contributed by atoms with Crippen molar-refractivity contribution in [1.29, 1.82) is 0 Å². The first-order chi connectivity index (χ1) is 9.56. The average molecular weight is 394 g/mol. The van der Waals surface area contributed by atoms with E-state index in [1.54, 1.807) is 6.92 Å². The van der Waals surface area contributed by atoms with Gasteiger partial charge in [0.15, 0.2) is 5.60 Å². The number of alkyl carbamates (subject to hydrolysis) is 1. The predicted octanol–water partition coefficient (Wildman–Crippen LogP) is -0.288. The van der Waals surface area contributed by atoms with Crippen molar-refractivity contribution in [3.05, 3.63) is 0 Å². The topological polar surface area (TPSA) is 85.9 Å². The van der Waals surface area contributed by atoms with Crippen molar-refractivity contribution < 1.29 is 23.8 Å². The lowest BCUT2D eigenvalue weighted by atomic mass is 9.71. The second-order valence-electron chi connectivity index (χ2n) is 5.63. The first-order valence-electron chi connectivity index (χ1n) is 6.78. The van der Waals surface area contributed by atoms with E-state index in [-0.39, 0.29) is 28.1 Å². The van der Waals surface area contributed by atoms with Gasteiger partial charge in [0.25, 0.3) is 0 Å². The van der Waals surface area contributed by atoms with Gasteiger partial charge in [-0.2, -0.15) is 0 Å². The van der Waals surface area contributed by atoms with Gasteiger partial charge < -0.3 is 19.5 Å². The summed E-state index contributed by atoms with van der Waals surface area (Å²) in [5.74, 6) is -0.347. The van der Waals surface area contributed by atoms with Crippen LogP contribution >= 0.6 is 22.6 Å². The standard InChI is InChI=1S/C12H15IN2O5/c1-2-18-10(16)7-8-12(20-11(17)15-8)3-4-5(13)6(14-7)9(12)19-4/h4-9,14H,2-3H2,1H3,(H,15,17)/t4-,5+,6-,7+,8-,9-,12-/m0/s1. The van der Waals surface area contributed by atoms with Gasteiger partial charge in [-0.05, 0) is 6.92 Å². The summed E-state index contributed by atoms with van der Waals surface area (Å²) < 4.78 is 16.9. The molecule has 0 radical (unpaired) electrons. The second-order valence-corrected chi connectivity index (χ2v) is 7.07. The lowest BCUT2D eigenvalue weighted by Crippen LogP contribution is -2.75. The van der Waals surface area contributed by atoms with Gasteiger partial charge in [0, 0.05) is 6.42 Å². The van der Waals surface area contributed by atoms with Crippen LogP contribution in [0, 0.1) is 0 Å². The summed E-state index contributed by atoms with van der Waals surface area (Å²) in [6, 6.07) is -1.00. The molecule has 4 heterocycles. The van der Waals surface area contributed by atoms with Crippen LogP contribution < -0.4 is 10.6 Å². The molecule has 4 aliphatic heterocycles. The molecule has 1 amide bonds. The molecule has 0 aromatic carbocycles. The first kappa shape index (κ1) is 13.1. The molecule has 4 aliphatic rings. The van der Waals surface area contributed by atoms with E-state index in [1.165, 1.54) is 0 Å². The third kappa shape index (κ3) is 1.47. The van der Waals surface area contributed by atoms with Crippen LogP contribution in [0.3, 0.4) is 0 Å². The number of carbonyl (C=O) groups is 2. The highest BCUT2D eigenvalue weighted by Crippen LogP contribution is 2.53. The Balaban J connectivity index is 1.71. The van der Waals surface area contributed by atoms with E-state index in [1.807, 2.05) is 0 Å². The molecular formula is C12H15IN2O5. The van der Waals surface area contributed by atoms with E-state index in [9.17, 15) is 9.59 Å². The minimum atomic E-state index is -0.725. The molecule has 0 saturated carbocycles. The maximum Gasteiger partial charge on any atom is 0.408 e. The maximum absolute atomic E-state index is 12.2. The van der Waals surface area contributed by atoms with Crippen LogP contribution in [-0.4, -0.2) is 58.5 Å². The zero-order valence-corrected chi connectivity index (χ0v) is 13.0. The van der Waals surface area contributed by atoms with Crippen molar-refractivity contribution >= 4 is 34.7 Å². The van der Waals surface area contributed by atoms with Gasteiger partial charge in [-0.25, -0.2) is 4.79 Å². The van der Waals surface area contributed by atoms with Crippen LogP contribution in [0.1, 0.15) is 13.3 Å². The minimum Gasteiger partial charge on any atom is -0.465 e. The zero-order chi connectivity index (χ0) is 14.1. The highest BCUT2D eigenvalue weighted by atomic mass is 127. The van der Waals surface area contributed by atoms with Gasteiger partial charge in [-0.15, -0.1) is 0 Å². The van der Waals surface area contributed by atoms with Gasteiger partial charge in [0.05, 0.1) is 22.7 Å². The molecule has 7 atom stereocenters. The Bertz CT molecular complexity index is 488. The average Bonchev–Trinajstić information content (AvgIpc) is 3.01. The smallest absolute Gasteiger partial charge is 0.408 e. The van der Waals surface area contributed by atoms with Crippen LogP contribution in [0.5, 0.6) is 0 Å². The molecule has 0 aromatic heterocycles. The number of hydrogen-bond acceptors (Lipinski definition) is 6. The molecule has 20 heavy (non-hydrogen) atoms. The zero-order valence-electron chi connectivity index (χ0n) is 10.8. The van der Waals surface area contributed by atoms with Crippen molar-refractivity contribution in [2.45, 2.75) is 53.2 Å². The van der Waals surface area contributed by atoms with E-state index >= 15 is 0 Å². The quantitative estimate of drug-likeness (QED) is 0.381. The number of carbonyl (C=O) groups excluding carboxylic acids is 2. The van der Waals surface area contributed by atoms with Crippen LogP contribution in [0.4, 0.5) is 4.79 Å². The van der Waals surface area contributed by atoms with Crippen molar-refractivity contribution in [3.8, 4) is 0 Å². The Hall–Kier alpha value is -0.610. The molecule has 4 saturated heterocycles. The number of alkyl halides is 1. The Kier molecular flexibility index (Phi) is 2.75. The summed E-state index contributed by atoms with van der Waals surface area (Å²) >= 11 is 2.34. The molecule has 4 fully saturated rings. The van der Waals surface area contributed by atoms with E-state index in [0.29, 0.717) is 13.0 Å². The number of amides is 1. The minimum absolute atomic E-state index is 0.00714.